The molecule has 12 heteroatoms. The molecule has 0 fully saturated rings. The minimum atomic E-state index is -4.75. The third kappa shape index (κ3) is 4.86. The number of rotatable bonds is 2. The number of aromatic nitrogens is 3. The summed E-state index contributed by atoms with van der Waals surface area (Å²) in [6.07, 6.45) is -3.73. The van der Waals surface area contributed by atoms with E-state index in [4.69, 9.17) is 4.74 Å². The minimum absolute atomic E-state index is 0.169. The van der Waals surface area contributed by atoms with E-state index in [1.807, 2.05) is 0 Å². The molecule has 0 atom stereocenters. The average Bonchev–Trinajstić information content (AvgIpc) is 3.14. The zero-order valence-corrected chi connectivity index (χ0v) is 17.1. The van der Waals surface area contributed by atoms with Gasteiger partial charge in [-0.25, -0.2) is 9.78 Å². The average molecular weight is 431 g/mol. The fourth-order valence-electron chi connectivity index (χ4n) is 2.76. The van der Waals surface area contributed by atoms with E-state index >= 15 is 0 Å². The standard InChI is InChI=1S/C17H20F3N5O3S/c1-16(2,3)28-15(27)25-6-5-10-11(8-25)29-14(21-10)22-13(26)9-7-24(4)23-12(9)17(18,19)20/h7H,5-6,8H2,1-4H3,(H,21,22,26). The van der Waals surface area contributed by atoms with E-state index in [9.17, 15) is 22.8 Å². The first-order valence-electron chi connectivity index (χ1n) is 8.72. The number of anilines is 1. The highest BCUT2D eigenvalue weighted by Gasteiger charge is 2.39. The van der Waals surface area contributed by atoms with Gasteiger partial charge in [0.25, 0.3) is 5.91 Å². The molecule has 0 saturated heterocycles. The number of carbonyl (C=O) groups is 2. The Morgan fingerprint density at radius 1 is 1.28 bits per heavy atom. The molecule has 1 aliphatic heterocycles. The number of hydrogen-bond donors (Lipinski definition) is 1. The van der Waals surface area contributed by atoms with Crippen LogP contribution in [-0.2, 0) is 30.9 Å². The Hall–Kier alpha value is -2.63. The van der Waals surface area contributed by atoms with Gasteiger partial charge in [0.1, 0.15) is 5.60 Å². The molecule has 0 aliphatic carbocycles. The maximum absolute atomic E-state index is 13.1. The van der Waals surface area contributed by atoms with Crippen LogP contribution in [0.5, 0.6) is 0 Å². The van der Waals surface area contributed by atoms with E-state index in [2.05, 4.69) is 15.4 Å². The third-order valence-corrected chi connectivity index (χ3v) is 4.94. The Balaban J connectivity index is 1.73. The van der Waals surface area contributed by atoms with Crippen molar-refractivity contribution in [2.24, 2.45) is 7.05 Å². The number of nitrogens with one attached hydrogen (secondary N) is 1. The van der Waals surface area contributed by atoms with Gasteiger partial charge in [-0.05, 0) is 20.8 Å². The smallest absolute Gasteiger partial charge is 0.435 e. The number of hydrogen-bond acceptors (Lipinski definition) is 6. The monoisotopic (exact) mass is 431 g/mol. The third-order valence-electron chi connectivity index (χ3n) is 3.95. The van der Waals surface area contributed by atoms with E-state index in [1.165, 1.54) is 11.9 Å². The number of amides is 2. The fourth-order valence-corrected chi connectivity index (χ4v) is 3.78. The first kappa shape index (κ1) is 21.1. The van der Waals surface area contributed by atoms with Gasteiger partial charge in [0.15, 0.2) is 10.8 Å². The highest BCUT2D eigenvalue weighted by molar-refractivity contribution is 7.15. The van der Waals surface area contributed by atoms with E-state index in [1.54, 1.807) is 20.8 Å². The normalized spacial score (nSPS) is 14.5. The molecule has 2 aromatic rings. The molecule has 0 spiro atoms. The number of fused-ring (bicyclic) bond motifs is 1. The first-order valence-corrected chi connectivity index (χ1v) is 9.54. The summed E-state index contributed by atoms with van der Waals surface area (Å²) in [6.45, 7) is 5.98. The van der Waals surface area contributed by atoms with Crippen molar-refractivity contribution in [3.63, 3.8) is 0 Å². The van der Waals surface area contributed by atoms with Crippen molar-refractivity contribution >= 4 is 28.5 Å². The van der Waals surface area contributed by atoms with Crippen molar-refractivity contribution in [3.05, 3.63) is 28.0 Å². The number of halogens is 3. The van der Waals surface area contributed by atoms with Crippen LogP contribution in [0.3, 0.4) is 0 Å². The second-order valence-electron chi connectivity index (χ2n) is 7.56. The highest BCUT2D eigenvalue weighted by Crippen LogP contribution is 2.32. The van der Waals surface area contributed by atoms with E-state index in [0.29, 0.717) is 18.7 Å². The minimum Gasteiger partial charge on any atom is -0.444 e. The second-order valence-corrected chi connectivity index (χ2v) is 8.64. The van der Waals surface area contributed by atoms with Gasteiger partial charge in [-0.15, -0.1) is 0 Å². The lowest BCUT2D eigenvalue weighted by Gasteiger charge is -2.29. The van der Waals surface area contributed by atoms with Gasteiger partial charge in [0, 0.05) is 31.1 Å². The van der Waals surface area contributed by atoms with Gasteiger partial charge in [0.05, 0.1) is 17.8 Å². The lowest BCUT2D eigenvalue weighted by atomic mass is 10.2. The molecule has 0 saturated carbocycles. The summed E-state index contributed by atoms with van der Waals surface area (Å²) in [5, 5.41) is 5.90. The number of nitrogens with zero attached hydrogens (tertiary/aromatic N) is 4. The van der Waals surface area contributed by atoms with Crippen LogP contribution in [0.4, 0.5) is 23.1 Å². The molecule has 8 nitrogen and oxygen atoms in total. The molecule has 2 aromatic heterocycles. The topological polar surface area (TPSA) is 89.4 Å². The maximum atomic E-state index is 13.1. The van der Waals surface area contributed by atoms with Crippen molar-refractivity contribution in [1.29, 1.82) is 0 Å². The van der Waals surface area contributed by atoms with Crippen molar-refractivity contribution in [2.45, 2.75) is 45.5 Å². The van der Waals surface area contributed by atoms with Gasteiger partial charge in [0.2, 0.25) is 0 Å². The van der Waals surface area contributed by atoms with Crippen molar-refractivity contribution < 1.29 is 27.5 Å². The maximum Gasteiger partial charge on any atom is 0.435 e. The summed E-state index contributed by atoms with van der Waals surface area (Å²) in [4.78, 5) is 31.1. The molecule has 0 bridgehead atoms. The highest BCUT2D eigenvalue weighted by atomic mass is 32.1. The summed E-state index contributed by atoms with van der Waals surface area (Å²) < 4.78 is 45.5. The fraction of sp³-hybridized carbons (Fsp3) is 0.529. The van der Waals surface area contributed by atoms with Crippen molar-refractivity contribution in [2.75, 3.05) is 11.9 Å². The largest absolute Gasteiger partial charge is 0.444 e. The molecule has 1 N–H and O–H groups in total. The number of aryl methyl sites for hydroxylation is 1. The van der Waals surface area contributed by atoms with E-state index < -0.39 is 35.0 Å². The van der Waals surface area contributed by atoms with Crippen molar-refractivity contribution in [3.8, 4) is 0 Å². The van der Waals surface area contributed by atoms with Crippen LogP contribution in [0.25, 0.3) is 0 Å². The Labute approximate surface area is 168 Å². The SMILES string of the molecule is Cn1cc(C(=O)Nc2nc3c(s2)CN(C(=O)OC(C)(C)C)CC3)c(C(F)(F)F)n1. The summed E-state index contributed by atoms with van der Waals surface area (Å²) in [6, 6.07) is 0. The van der Waals surface area contributed by atoms with Crippen molar-refractivity contribution in [1.82, 2.24) is 19.7 Å². The molecule has 0 unspecified atom stereocenters. The van der Waals surface area contributed by atoms with Gasteiger partial charge < -0.3 is 9.64 Å². The molecule has 3 rings (SSSR count). The summed E-state index contributed by atoms with van der Waals surface area (Å²) in [7, 11) is 1.30. The number of ether oxygens (including phenoxy) is 1. The van der Waals surface area contributed by atoms with Crippen LogP contribution in [0.15, 0.2) is 6.20 Å². The first-order chi connectivity index (χ1) is 13.3. The van der Waals surface area contributed by atoms with E-state index in [-0.39, 0.29) is 11.7 Å². The molecule has 158 valence electrons. The second kappa shape index (κ2) is 7.32. The Morgan fingerprint density at radius 2 is 1.97 bits per heavy atom. The van der Waals surface area contributed by atoms with Crippen LogP contribution < -0.4 is 5.32 Å². The lowest BCUT2D eigenvalue weighted by molar-refractivity contribution is -0.141. The molecule has 3 heterocycles. The predicted octanol–water partition coefficient (Wildman–Crippen LogP) is 3.44. The predicted molar refractivity (Wildman–Crippen MR) is 98.6 cm³/mol. The number of carbonyl (C=O) groups excluding carboxylic acids is 2. The van der Waals surface area contributed by atoms with Gasteiger partial charge >= 0.3 is 12.3 Å². The van der Waals surface area contributed by atoms with Crippen LogP contribution in [0.2, 0.25) is 0 Å². The van der Waals surface area contributed by atoms with Crippen LogP contribution in [-0.4, -0.2) is 43.8 Å². The molecule has 0 radical (unpaired) electrons. The Bertz CT molecular complexity index is 945. The van der Waals surface area contributed by atoms with Crippen LogP contribution >= 0.6 is 11.3 Å². The summed E-state index contributed by atoms with van der Waals surface area (Å²) in [5.41, 5.74) is -1.75. The Kier molecular flexibility index (Phi) is 5.32. The zero-order valence-electron chi connectivity index (χ0n) is 16.3. The van der Waals surface area contributed by atoms with E-state index in [0.717, 1.165) is 27.1 Å². The van der Waals surface area contributed by atoms with Crippen LogP contribution in [0, 0.1) is 0 Å². The molecular formula is C17H20F3N5O3S. The molecular weight excluding hydrogens is 411 g/mol. The zero-order chi connectivity index (χ0) is 21.6. The Morgan fingerprint density at radius 3 is 2.59 bits per heavy atom. The molecule has 0 aromatic carbocycles. The van der Waals surface area contributed by atoms with Crippen LogP contribution in [0.1, 0.15) is 47.4 Å². The lowest BCUT2D eigenvalue weighted by Crippen LogP contribution is -2.39. The van der Waals surface area contributed by atoms with Gasteiger partial charge in [-0.1, -0.05) is 11.3 Å². The van der Waals surface area contributed by atoms with Gasteiger partial charge in [-0.3, -0.25) is 14.8 Å². The summed E-state index contributed by atoms with van der Waals surface area (Å²) >= 11 is 1.12. The summed E-state index contributed by atoms with van der Waals surface area (Å²) in [5.74, 6) is -0.944. The molecule has 29 heavy (non-hydrogen) atoms. The number of alkyl halides is 3. The molecule has 2 amide bonds. The van der Waals surface area contributed by atoms with Gasteiger partial charge in [-0.2, -0.15) is 18.3 Å². The molecule has 1 aliphatic rings. The number of thiazole rings is 1. The quantitative estimate of drug-likeness (QED) is 0.787.